The van der Waals surface area contributed by atoms with E-state index in [-0.39, 0.29) is 94.4 Å². The number of carbonyl (C=O) groups excluding carboxylic acids is 1. The maximum Gasteiger partial charge on any atom is 1.00 e. The van der Waals surface area contributed by atoms with Crippen LogP contribution < -0.4 is 104 Å². The largest absolute Gasteiger partial charge is 1.00 e. The van der Waals surface area contributed by atoms with Gasteiger partial charge in [-0.2, -0.15) is 0 Å². The second kappa shape index (κ2) is 14.4. The molecule has 88 valence electrons. The van der Waals surface area contributed by atoms with Crippen LogP contribution in [0.25, 0.3) is 11.1 Å². The molecule has 0 unspecified atom stereocenters. The number of benzene rings is 2. The van der Waals surface area contributed by atoms with E-state index in [0.29, 0.717) is 0 Å². The first kappa shape index (κ1) is 25.5. The first-order chi connectivity index (χ1) is 8.11. The maximum atomic E-state index is 11.4. The van der Waals surface area contributed by atoms with Crippen LogP contribution >= 0.6 is 0 Å². The zero-order chi connectivity index (χ0) is 12.7. The Morgan fingerprint density at radius 1 is 0.750 bits per heavy atom. The number of para-hydroxylation sites is 1. The van der Waals surface area contributed by atoms with Crippen LogP contribution in [-0.4, -0.2) is 6.16 Å². The SMILES string of the molecule is O=C([O-])[O-].[Na+].[Na+].[Na+].[O-]c1ccccc1-c1ccccc1. The fourth-order valence-electron chi connectivity index (χ4n) is 1.32. The standard InChI is InChI=1S/C12H10O.CH2O3.3Na/c13-12-9-5-4-8-11(12)10-6-2-1-3-7-10;2-1(3)4;;;/h1-9,13H;(H2,2,3,4);;;/q;;3*+1/p-3. The van der Waals surface area contributed by atoms with Gasteiger partial charge in [-0.25, -0.2) is 0 Å². The average molecular weight is 298 g/mol. The Balaban J connectivity index is -0.000000372. The molecule has 0 aromatic heterocycles. The van der Waals surface area contributed by atoms with Gasteiger partial charge in [-0.05, 0) is 17.3 Å². The van der Waals surface area contributed by atoms with Gasteiger partial charge in [0.05, 0.1) is 0 Å². The third-order valence-corrected chi connectivity index (χ3v) is 1.97. The Kier molecular flexibility index (Phi) is 18.4. The van der Waals surface area contributed by atoms with Crippen LogP contribution in [0.2, 0.25) is 0 Å². The summed E-state index contributed by atoms with van der Waals surface area (Å²) >= 11 is 0. The number of carbonyl (C=O) groups is 1. The first-order valence-electron chi connectivity index (χ1n) is 4.80. The summed E-state index contributed by atoms with van der Waals surface area (Å²) in [6.07, 6.45) is -2.33. The van der Waals surface area contributed by atoms with Crippen LogP contribution in [0.1, 0.15) is 0 Å². The summed E-state index contributed by atoms with van der Waals surface area (Å²) in [6.45, 7) is 0. The van der Waals surface area contributed by atoms with Crippen molar-refractivity contribution < 1.29 is 109 Å². The molecule has 0 heterocycles. The molecular formula is C13H9Na3O4. The second-order valence-electron chi connectivity index (χ2n) is 3.11. The molecule has 4 nitrogen and oxygen atoms in total. The van der Waals surface area contributed by atoms with Crippen LogP contribution in [0.4, 0.5) is 4.79 Å². The Morgan fingerprint density at radius 3 is 1.60 bits per heavy atom. The van der Waals surface area contributed by atoms with Gasteiger partial charge in [0, 0.05) is 0 Å². The maximum absolute atomic E-state index is 11.4. The predicted octanol–water partition coefficient (Wildman–Crippen LogP) is -9.01. The number of hydrogen-bond acceptors (Lipinski definition) is 4. The normalized spacial score (nSPS) is 7.60. The van der Waals surface area contributed by atoms with Gasteiger partial charge in [-0.3, -0.25) is 0 Å². The topological polar surface area (TPSA) is 86.2 Å². The summed E-state index contributed by atoms with van der Waals surface area (Å²) in [6, 6.07) is 16.8. The Labute approximate surface area is 184 Å². The molecule has 0 radical (unpaired) electrons. The van der Waals surface area contributed by atoms with Crippen molar-refractivity contribution in [2.45, 2.75) is 0 Å². The molecule has 0 aliphatic heterocycles. The minimum atomic E-state index is -2.33. The summed E-state index contributed by atoms with van der Waals surface area (Å²) in [5, 5.41) is 28.1. The van der Waals surface area contributed by atoms with E-state index in [1.165, 1.54) is 0 Å². The van der Waals surface area contributed by atoms with E-state index < -0.39 is 6.16 Å². The van der Waals surface area contributed by atoms with E-state index in [1.807, 2.05) is 42.5 Å². The Bertz CT molecular complexity index is 488. The molecule has 2 rings (SSSR count). The molecule has 20 heavy (non-hydrogen) atoms. The van der Waals surface area contributed by atoms with Crippen molar-refractivity contribution in [2.24, 2.45) is 0 Å². The zero-order valence-electron chi connectivity index (χ0n) is 11.8. The van der Waals surface area contributed by atoms with E-state index in [9.17, 15) is 5.11 Å². The number of rotatable bonds is 1. The quantitative estimate of drug-likeness (QED) is 0.489. The van der Waals surface area contributed by atoms with Crippen LogP contribution in [0.5, 0.6) is 5.75 Å². The van der Waals surface area contributed by atoms with E-state index in [1.54, 1.807) is 12.1 Å². The number of hydrogen-bond donors (Lipinski definition) is 0. The molecular weight excluding hydrogens is 289 g/mol. The molecule has 2 aromatic carbocycles. The summed E-state index contributed by atoms with van der Waals surface area (Å²) < 4.78 is 0. The summed E-state index contributed by atoms with van der Waals surface area (Å²) in [7, 11) is 0. The molecule has 0 fully saturated rings. The molecule has 0 atom stereocenters. The Hall–Kier alpha value is 0.510. The van der Waals surface area contributed by atoms with E-state index >= 15 is 0 Å². The van der Waals surface area contributed by atoms with Gasteiger partial charge in [0.1, 0.15) is 0 Å². The number of carboxylic acid groups (broad SMARTS) is 2. The van der Waals surface area contributed by atoms with Crippen molar-refractivity contribution >= 4 is 6.16 Å². The molecule has 0 N–H and O–H groups in total. The molecule has 0 amide bonds. The van der Waals surface area contributed by atoms with Gasteiger partial charge >= 0.3 is 88.7 Å². The predicted molar refractivity (Wildman–Crippen MR) is 56.7 cm³/mol. The molecule has 0 spiro atoms. The van der Waals surface area contributed by atoms with E-state index in [0.717, 1.165) is 11.1 Å². The van der Waals surface area contributed by atoms with Crippen molar-refractivity contribution in [3.8, 4) is 16.9 Å². The molecule has 0 aliphatic carbocycles. The van der Waals surface area contributed by atoms with Crippen LogP contribution in [0, 0.1) is 0 Å². The fraction of sp³-hybridized carbons (Fsp3) is 0. The van der Waals surface area contributed by atoms with Crippen molar-refractivity contribution in [2.75, 3.05) is 0 Å². The minimum absolute atomic E-state index is 0. The fourth-order valence-corrected chi connectivity index (χ4v) is 1.32. The Morgan fingerprint density at radius 2 is 1.15 bits per heavy atom. The second-order valence-corrected chi connectivity index (χ2v) is 3.11. The first-order valence-corrected chi connectivity index (χ1v) is 4.80. The third-order valence-electron chi connectivity index (χ3n) is 1.97. The van der Waals surface area contributed by atoms with E-state index in [4.69, 9.17) is 15.0 Å². The molecule has 2 aromatic rings. The smallest absolute Gasteiger partial charge is 0.872 e. The molecule has 7 heteroatoms. The zero-order valence-corrected chi connectivity index (χ0v) is 17.8. The molecule has 0 saturated carbocycles. The van der Waals surface area contributed by atoms with Crippen molar-refractivity contribution in [1.29, 1.82) is 0 Å². The molecule has 0 saturated heterocycles. The van der Waals surface area contributed by atoms with Crippen LogP contribution in [-0.2, 0) is 0 Å². The van der Waals surface area contributed by atoms with E-state index in [2.05, 4.69) is 0 Å². The van der Waals surface area contributed by atoms with Crippen LogP contribution in [0.15, 0.2) is 54.6 Å². The van der Waals surface area contributed by atoms with Crippen molar-refractivity contribution in [3.05, 3.63) is 54.6 Å². The average Bonchev–Trinajstić information content (AvgIpc) is 2.30. The van der Waals surface area contributed by atoms with Gasteiger partial charge in [-0.15, -0.1) is 5.75 Å². The van der Waals surface area contributed by atoms with Gasteiger partial charge in [-0.1, -0.05) is 54.6 Å². The van der Waals surface area contributed by atoms with Gasteiger partial charge < -0.3 is 20.1 Å². The van der Waals surface area contributed by atoms with Gasteiger partial charge in [0.2, 0.25) is 0 Å². The summed E-state index contributed by atoms with van der Waals surface area (Å²) in [4.78, 5) is 8.33. The van der Waals surface area contributed by atoms with Crippen molar-refractivity contribution in [1.82, 2.24) is 0 Å². The molecule has 0 bridgehead atoms. The van der Waals surface area contributed by atoms with Crippen molar-refractivity contribution in [3.63, 3.8) is 0 Å². The van der Waals surface area contributed by atoms with Gasteiger partial charge in [0.15, 0.2) is 0 Å². The van der Waals surface area contributed by atoms with Crippen LogP contribution in [0.3, 0.4) is 0 Å². The summed E-state index contributed by atoms with van der Waals surface area (Å²) in [5.74, 6) is 0.0775. The minimum Gasteiger partial charge on any atom is -0.872 e. The van der Waals surface area contributed by atoms with Gasteiger partial charge in [0.25, 0.3) is 0 Å². The summed E-state index contributed by atoms with van der Waals surface area (Å²) in [5.41, 5.74) is 1.75. The third kappa shape index (κ3) is 10.3. The molecule has 0 aliphatic rings. The monoisotopic (exact) mass is 298 g/mol.